The molecule has 0 fully saturated rings. The molecule has 0 bridgehead atoms. The van der Waals surface area contributed by atoms with E-state index in [0.717, 1.165) is 21.9 Å². The number of nitrogens with zero attached hydrogens (tertiary/aromatic N) is 3. The number of aromatic nitrogens is 4. The Kier molecular flexibility index (Phi) is 1.57. The van der Waals surface area contributed by atoms with Gasteiger partial charge in [-0.15, -0.1) is 11.3 Å². The van der Waals surface area contributed by atoms with Gasteiger partial charge in [-0.25, -0.2) is 15.0 Å². The minimum Gasteiger partial charge on any atom is -0.345 e. The van der Waals surface area contributed by atoms with Crippen molar-refractivity contribution in [3.05, 3.63) is 30.0 Å². The molecule has 0 aromatic carbocycles. The number of H-pyrrole nitrogens is 1. The van der Waals surface area contributed by atoms with Gasteiger partial charge in [-0.2, -0.15) is 0 Å². The molecule has 1 N–H and O–H groups in total. The highest BCUT2D eigenvalue weighted by atomic mass is 32.1. The second-order valence-electron chi connectivity index (χ2n) is 2.80. The number of hydrogen-bond donors (Lipinski definition) is 1. The van der Waals surface area contributed by atoms with Crippen molar-refractivity contribution in [1.29, 1.82) is 0 Å². The Morgan fingerprint density at radius 2 is 2.29 bits per heavy atom. The van der Waals surface area contributed by atoms with E-state index in [2.05, 4.69) is 19.9 Å². The molecule has 3 aromatic rings. The number of nitrogens with one attached hydrogen (secondary N) is 1. The molecule has 0 radical (unpaired) electrons. The summed E-state index contributed by atoms with van der Waals surface area (Å²) in [6, 6.07) is 1.90. The van der Waals surface area contributed by atoms with E-state index in [1.54, 1.807) is 23.7 Å². The van der Waals surface area contributed by atoms with Gasteiger partial charge in [0.1, 0.15) is 16.2 Å². The molecule has 3 aromatic heterocycles. The van der Waals surface area contributed by atoms with Crippen LogP contribution >= 0.6 is 11.3 Å². The third-order valence-corrected chi connectivity index (χ3v) is 2.71. The average Bonchev–Trinajstić information content (AvgIpc) is 2.88. The second-order valence-corrected chi connectivity index (χ2v) is 3.70. The molecule has 0 aliphatic rings. The zero-order chi connectivity index (χ0) is 9.38. The molecular weight excluding hydrogens is 196 g/mol. The largest absolute Gasteiger partial charge is 0.345 e. The van der Waals surface area contributed by atoms with E-state index in [-0.39, 0.29) is 0 Å². The number of hydrogen-bond acceptors (Lipinski definition) is 4. The van der Waals surface area contributed by atoms with Gasteiger partial charge in [-0.3, -0.25) is 0 Å². The summed E-state index contributed by atoms with van der Waals surface area (Å²) in [5, 5.41) is 2.83. The zero-order valence-corrected chi connectivity index (χ0v) is 7.95. The first-order chi connectivity index (χ1) is 6.93. The van der Waals surface area contributed by atoms with Crippen molar-refractivity contribution in [2.24, 2.45) is 0 Å². The van der Waals surface area contributed by atoms with Gasteiger partial charge < -0.3 is 4.98 Å². The molecular formula is C9H6N4S. The van der Waals surface area contributed by atoms with Crippen molar-refractivity contribution in [3.8, 4) is 10.7 Å². The number of fused-ring (bicyclic) bond motifs is 1. The SMILES string of the molecule is c1csc(-c2cnc3[nH]ccc3n2)n1. The van der Waals surface area contributed by atoms with Crippen LogP contribution in [0.5, 0.6) is 0 Å². The first-order valence-electron chi connectivity index (χ1n) is 4.13. The Balaban J connectivity index is 2.23. The van der Waals surface area contributed by atoms with Crippen molar-refractivity contribution in [3.63, 3.8) is 0 Å². The molecule has 0 amide bonds. The van der Waals surface area contributed by atoms with E-state index in [9.17, 15) is 0 Å². The minimum atomic E-state index is 0.810. The molecule has 0 saturated heterocycles. The molecule has 0 atom stereocenters. The van der Waals surface area contributed by atoms with Gasteiger partial charge in [0, 0.05) is 17.8 Å². The summed E-state index contributed by atoms with van der Waals surface area (Å²) >= 11 is 1.56. The van der Waals surface area contributed by atoms with E-state index in [4.69, 9.17) is 0 Å². The van der Waals surface area contributed by atoms with Gasteiger partial charge in [0.15, 0.2) is 5.65 Å². The summed E-state index contributed by atoms with van der Waals surface area (Å²) in [6.45, 7) is 0. The fourth-order valence-electron chi connectivity index (χ4n) is 1.28. The molecule has 4 nitrogen and oxygen atoms in total. The first kappa shape index (κ1) is 7.64. The Hall–Kier alpha value is -1.75. The van der Waals surface area contributed by atoms with Crippen LogP contribution in [0.1, 0.15) is 0 Å². The number of aromatic amines is 1. The van der Waals surface area contributed by atoms with Crippen LogP contribution in [0, 0.1) is 0 Å². The Labute approximate surface area is 83.7 Å². The average molecular weight is 202 g/mol. The van der Waals surface area contributed by atoms with Crippen molar-refractivity contribution in [2.75, 3.05) is 0 Å². The quantitative estimate of drug-likeness (QED) is 0.657. The molecule has 0 spiro atoms. The lowest BCUT2D eigenvalue weighted by molar-refractivity contribution is 1.25. The Morgan fingerprint density at radius 3 is 3.14 bits per heavy atom. The van der Waals surface area contributed by atoms with E-state index in [0.29, 0.717) is 0 Å². The van der Waals surface area contributed by atoms with Crippen molar-refractivity contribution in [1.82, 2.24) is 19.9 Å². The third-order valence-electron chi connectivity index (χ3n) is 1.91. The van der Waals surface area contributed by atoms with Gasteiger partial charge in [-0.1, -0.05) is 0 Å². The maximum Gasteiger partial charge on any atom is 0.156 e. The molecule has 0 aliphatic heterocycles. The number of rotatable bonds is 1. The van der Waals surface area contributed by atoms with Crippen molar-refractivity contribution >= 4 is 22.5 Å². The van der Waals surface area contributed by atoms with Crippen LogP contribution in [0.4, 0.5) is 0 Å². The van der Waals surface area contributed by atoms with Gasteiger partial charge in [0.25, 0.3) is 0 Å². The Morgan fingerprint density at radius 1 is 1.29 bits per heavy atom. The number of thiazole rings is 1. The topological polar surface area (TPSA) is 54.5 Å². The van der Waals surface area contributed by atoms with Crippen LogP contribution < -0.4 is 0 Å². The molecule has 14 heavy (non-hydrogen) atoms. The van der Waals surface area contributed by atoms with E-state index in [1.807, 2.05) is 17.6 Å². The molecule has 0 unspecified atom stereocenters. The van der Waals surface area contributed by atoms with Crippen LogP contribution in [0.2, 0.25) is 0 Å². The smallest absolute Gasteiger partial charge is 0.156 e. The molecule has 0 aliphatic carbocycles. The maximum atomic E-state index is 4.43. The van der Waals surface area contributed by atoms with Crippen LogP contribution in [0.3, 0.4) is 0 Å². The first-order valence-corrected chi connectivity index (χ1v) is 5.01. The summed E-state index contributed by atoms with van der Waals surface area (Å²) in [7, 11) is 0. The van der Waals surface area contributed by atoms with Crippen LogP contribution in [-0.4, -0.2) is 19.9 Å². The lowest BCUT2D eigenvalue weighted by atomic mass is 10.4. The van der Waals surface area contributed by atoms with Gasteiger partial charge in [0.2, 0.25) is 0 Å². The minimum absolute atomic E-state index is 0.810. The van der Waals surface area contributed by atoms with Crippen molar-refractivity contribution in [2.45, 2.75) is 0 Å². The lowest BCUT2D eigenvalue weighted by Gasteiger charge is -1.94. The summed E-state index contributed by atoms with van der Waals surface area (Å²) in [6.07, 6.45) is 5.33. The summed E-state index contributed by atoms with van der Waals surface area (Å²) in [5.74, 6) is 0. The van der Waals surface area contributed by atoms with Crippen LogP contribution in [0.15, 0.2) is 30.0 Å². The summed E-state index contributed by atoms with van der Waals surface area (Å²) in [5.41, 5.74) is 2.51. The summed E-state index contributed by atoms with van der Waals surface area (Å²) < 4.78 is 0. The van der Waals surface area contributed by atoms with Crippen molar-refractivity contribution < 1.29 is 0 Å². The zero-order valence-electron chi connectivity index (χ0n) is 7.14. The second kappa shape index (κ2) is 2.88. The fraction of sp³-hybridized carbons (Fsp3) is 0. The highest BCUT2D eigenvalue weighted by Gasteiger charge is 2.04. The molecule has 5 heteroatoms. The summed E-state index contributed by atoms with van der Waals surface area (Å²) in [4.78, 5) is 15.9. The molecule has 3 rings (SSSR count). The third kappa shape index (κ3) is 1.10. The highest BCUT2D eigenvalue weighted by Crippen LogP contribution is 2.20. The van der Waals surface area contributed by atoms with Crippen LogP contribution in [0.25, 0.3) is 21.9 Å². The maximum absolute atomic E-state index is 4.43. The van der Waals surface area contributed by atoms with Gasteiger partial charge >= 0.3 is 0 Å². The highest BCUT2D eigenvalue weighted by molar-refractivity contribution is 7.13. The van der Waals surface area contributed by atoms with Gasteiger partial charge in [-0.05, 0) is 6.07 Å². The van der Waals surface area contributed by atoms with E-state index in [1.165, 1.54) is 0 Å². The lowest BCUT2D eigenvalue weighted by Crippen LogP contribution is -1.85. The molecule has 68 valence electrons. The molecule has 0 saturated carbocycles. The molecule has 3 heterocycles. The van der Waals surface area contributed by atoms with E-state index < -0.39 is 0 Å². The van der Waals surface area contributed by atoms with E-state index >= 15 is 0 Å². The Bertz CT molecular complexity index is 555. The predicted molar refractivity (Wildman–Crippen MR) is 55.0 cm³/mol. The predicted octanol–water partition coefficient (Wildman–Crippen LogP) is 2.08. The van der Waals surface area contributed by atoms with Gasteiger partial charge in [0.05, 0.1) is 6.20 Å². The van der Waals surface area contributed by atoms with Crippen LogP contribution in [-0.2, 0) is 0 Å². The monoisotopic (exact) mass is 202 g/mol. The normalized spacial score (nSPS) is 10.9. The standard InChI is InChI=1S/C9H6N4S/c1-2-10-8-6(1)13-7(5-12-8)9-11-3-4-14-9/h1-5H,(H,10,12). The fourth-order valence-corrected chi connectivity index (χ4v) is 1.87.